The first-order valence-electron chi connectivity index (χ1n) is 5.77. The zero-order valence-electron chi connectivity index (χ0n) is 11.0. The van der Waals surface area contributed by atoms with E-state index in [4.69, 9.17) is 18.0 Å². The van der Waals surface area contributed by atoms with Gasteiger partial charge in [-0.2, -0.15) is 0 Å². The van der Waals surface area contributed by atoms with E-state index in [1.54, 1.807) is 24.3 Å². The fourth-order valence-electron chi connectivity index (χ4n) is 1.42. The third-order valence-corrected chi connectivity index (χ3v) is 4.07. The molecule has 0 unspecified atom stereocenters. The van der Waals surface area contributed by atoms with E-state index in [9.17, 15) is 13.2 Å². The number of hydrogen-bond acceptors (Lipinski definition) is 5. The average Bonchev–Trinajstić information content (AvgIpc) is 2.43. The number of carbonyl (C=O) groups excluding carboxylic acids is 1. The molecule has 0 saturated heterocycles. The van der Waals surface area contributed by atoms with E-state index in [1.165, 1.54) is 7.11 Å². The number of nitrogens with two attached hydrogens (primary N) is 1. The molecule has 0 radical (unpaired) electrons. The Morgan fingerprint density at radius 2 is 2.15 bits per heavy atom. The van der Waals surface area contributed by atoms with Gasteiger partial charge in [0.1, 0.15) is 4.99 Å². The number of esters is 1. The Balaban J connectivity index is 2.60. The number of benzene rings is 1. The Bertz CT molecular complexity index is 599. The van der Waals surface area contributed by atoms with E-state index >= 15 is 0 Å². The van der Waals surface area contributed by atoms with E-state index in [1.807, 2.05) is 0 Å². The second kappa shape index (κ2) is 7.32. The van der Waals surface area contributed by atoms with Gasteiger partial charge in [-0.25, -0.2) is 13.1 Å². The van der Waals surface area contributed by atoms with Crippen molar-refractivity contribution in [2.75, 3.05) is 12.9 Å². The highest BCUT2D eigenvalue weighted by molar-refractivity contribution is 7.89. The van der Waals surface area contributed by atoms with Crippen LogP contribution < -0.4 is 10.5 Å². The van der Waals surface area contributed by atoms with Crippen molar-refractivity contribution in [3.05, 3.63) is 35.4 Å². The van der Waals surface area contributed by atoms with Crippen LogP contribution in [0.4, 0.5) is 0 Å². The number of hydrogen-bond donors (Lipinski definition) is 2. The largest absolute Gasteiger partial charge is 0.469 e. The molecule has 0 saturated carbocycles. The normalized spacial score (nSPS) is 11.1. The van der Waals surface area contributed by atoms with E-state index in [0.29, 0.717) is 5.56 Å². The van der Waals surface area contributed by atoms with Crippen LogP contribution in [-0.4, -0.2) is 32.2 Å². The van der Waals surface area contributed by atoms with Gasteiger partial charge in [-0.15, -0.1) is 0 Å². The highest BCUT2D eigenvalue weighted by Crippen LogP contribution is 2.06. The predicted octanol–water partition coefficient (Wildman–Crippen LogP) is 0.303. The monoisotopic (exact) mass is 316 g/mol. The standard InChI is InChI=1S/C12H16N2O4S2/c1-18-11(15)5-6-20(16,17)14-8-9-3-2-4-10(7-9)12(13)19/h2-4,7,14H,5-6,8H2,1H3,(H2,13,19). The second-order valence-corrected chi connectivity index (χ2v) is 6.40. The number of ether oxygens (including phenoxy) is 1. The summed E-state index contributed by atoms with van der Waals surface area (Å²) >= 11 is 4.85. The summed E-state index contributed by atoms with van der Waals surface area (Å²) in [6, 6.07) is 6.96. The van der Waals surface area contributed by atoms with Gasteiger partial charge < -0.3 is 10.5 Å². The summed E-state index contributed by atoms with van der Waals surface area (Å²) < 4.78 is 30.1. The van der Waals surface area contributed by atoms with Crippen LogP contribution in [0.3, 0.4) is 0 Å². The van der Waals surface area contributed by atoms with Crippen molar-refractivity contribution < 1.29 is 17.9 Å². The maximum absolute atomic E-state index is 11.7. The lowest BCUT2D eigenvalue weighted by Gasteiger charge is -2.07. The van der Waals surface area contributed by atoms with Crippen LogP contribution in [0.2, 0.25) is 0 Å². The molecule has 0 bridgehead atoms. The maximum Gasteiger partial charge on any atom is 0.306 e. The van der Waals surface area contributed by atoms with Gasteiger partial charge >= 0.3 is 5.97 Å². The second-order valence-electron chi connectivity index (χ2n) is 4.03. The highest BCUT2D eigenvalue weighted by atomic mass is 32.2. The van der Waals surface area contributed by atoms with Crippen molar-refractivity contribution in [2.45, 2.75) is 13.0 Å². The van der Waals surface area contributed by atoms with Crippen molar-refractivity contribution in [3.63, 3.8) is 0 Å². The van der Waals surface area contributed by atoms with Crippen molar-refractivity contribution in [1.29, 1.82) is 0 Å². The molecule has 1 aromatic rings. The zero-order valence-corrected chi connectivity index (χ0v) is 12.6. The van der Waals surface area contributed by atoms with Gasteiger partial charge in [-0.05, 0) is 11.6 Å². The summed E-state index contributed by atoms with van der Waals surface area (Å²) in [5.41, 5.74) is 6.91. The lowest BCUT2D eigenvalue weighted by molar-refractivity contribution is -0.140. The van der Waals surface area contributed by atoms with Crippen LogP contribution in [0.15, 0.2) is 24.3 Å². The number of rotatable bonds is 7. The summed E-state index contributed by atoms with van der Waals surface area (Å²) in [6.45, 7) is 0.111. The lowest BCUT2D eigenvalue weighted by Crippen LogP contribution is -2.27. The molecule has 0 atom stereocenters. The van der Waals surface area contributed by atoms with Crippen LogP contribution in [0.1, 0.15) is 17.5 Å². The fraction of sp³-hybridized carbons (Fsp3) is 0.333. The predicted molar refractivity (Wildman–Crippen MR) is 79.6 cm³/mol. The van der Waals surface area contributed by atoms with Crippen molar-refractivity contribution in [3.8, 4) is 0 Å². The summed E-state index contributed by atoms with van der Waals surface area (Å²) in [5.74, 6) is -0.875. The van der Waals surface area contributed by atoms with Crippen LogP contribution >= 0.6 is 12.2 Å². The average molecular weight is 316 g/mol. The number of methoxy groups -OCH3 is 1. The molecule has 0 aromatic heterocycles. The Morgan fingerprint density at radius 1 is 1.45 bits per heavy atom. The molecule has 0 aliphatic heterocycles. The number of thiocarbonyl (C=S) groups is 1. The van der Waals surface area contributed by atoms with E-state index in [0.717, 1.165) is 5.56 Å². The first-order valence-corrected chi connectivity index (χ1v) is 7.83. The Hall–Kier alpha value is -1.51. The molecule has 110 valence electrons. The third-order valence-electron chi connectivity index (χ3n) is 2.51. The minimum atomic E-state index is -3.53. The number of sulfonamides is 1. The van der Waals surface area contributed by atoms with Gasteiger partial charge in [-0.1, -0.05) is 30.4 Å². The van der Waals surface area contributed by atoms with E-state index in [2.05, 4.69) is 9.46 Å². The van der Waals surface area contributed by atoms with Crippen molar-refractivity contribution in [2.24, 2.45) is 5.73 Å². The molecule has 1 rings (SSSR count). The molecule has 0 fully saturated rings. The molecule has 0 aliphatic carbocycles. The molecule has 3 N–H and O–H groups in total. The first-order chi connectivity index (χ1) is 9.34. The maximum atomic E-state index is 11.7. The molecular formula is C12H16N2O4S2. The third kappa shape index (κ3) is 5.64. The summed E-state index contributed by atoms with van der Waals surface area (Å²) in [6.07, 6.45) is -0.182. The number of nitrogens with one attached hydrogen (secondary N) is 1. The summed E-state index contributed by atoms with van der Waals surface area (Å²) in [7, 11) is -2.32. The lowest BCUT2D eigenvalue weighted by atomic mass is 10.1. The van der Waals surface area contributed by atoms with Crippen molar-refractivity contribution in [1.82, 2.24) is 4.72 Å². The smallest absolute Gasteiger partial charge is 0.306 e. The fourth-order valence-corrected chi connectivity index (χ4v) is 2.51. The Morgan fingerprint density at radius 3 is 2.75 bits per heavy atom. The van der Waals surface area contributed by atoms with Crippen LogP contribution in [0, 0.1) is 0 Å². The van der Waals surface area contributed by atoms with Gasteiger partial charge in [0.2, 0.25) is 10.0 Å². The van der Waals surface area contributed by atoms with Crippen LogP contribution in [-0.2, 0) is 26.1 Å². The topological polar surface area (TPSA) is 98.5 Å². The van der Waals surface area contributed by atoms with Gasteiger partial charge in [0.05, 0.1) is 19.3 Å². The van der Waals surface area contributed by atoms with Gasteiger partial charge in [0.15, 0.2) is 0 Å². The summed E-state index contributed by atoms with van der Waals surface area (Å²) in [5, 5.41) is 0. The molecule has 20 heavy (non-hydrogen) atoms. The Kier molecular flexibility index (Phi) is 6.05. The van der Waals surface area contributed by atoms with Gasteiger partial charge in [0, 0.05) is 12.1 Å². The van der Waals surface area contributed by atoms with Crippen molar-refractivity contribution >= 4 is 33.2 Å². The van der Waals surface area contributed by atoms with Gasteiger partial charge in [0.25, 0.3) is 0 Å². The molecule has 1 aromatic carbocycles. The molecular weight excluding hydrogens is 300 g/mol. The number of carbonyl (C=O) groups is 1. The molecule has 0 aliphatic rings. The van der Waals surface area contributed by atoms with Crippen LogP contribution in [0.5, 0.6) is 0 Å². The molecule has 0 spiro atoms. The quantitative estimate of drug-likeness (QED) is 0.555. The van der Waals surface area contributed by atoms with E-state index < -0.39 is 16.0 Å². The Labute approximate surface area is 123 Å². The molecule has 8 heteroatoms. The van der Waals surface area contributed by atoms with Gasteiger partial charge in [-0.3, -0.25) is 4.79 Å². The highest BCUT2D eigenvalue weighted by Gasteiger charge is 2.13. The minimum Gasteiger partial charge on any atom is -0.469 e. The first kappa shape index (κ1) is 16.5. The molecule has 0 heterocycles. The minimum absolute atomic E-state index is 0.111. The zero-order chi connectivity index (χ0) is 15.2. The molecule has 0 amide bonds. The van der Waals surface area contributed by atoms with Crippen LogP contribution in [0.25, 0.3) is 0 Å². The van der Waals surface area contributed by atoms with E-state index in [-0.39, 0.29) is 23.7 Å². The summed E-state index contributed by atoms with van der Waals surface area (Å²) in [4.78, 5) is 11.2. The SMILES string of the molecule is COC(=O)CCS(=O)(=O)NCc1cccc(C(N)=S)c1. The molecule has 6 nitrogen and oxygen atoms in total.